The van der Waals surface area contributed by atoms with Gasteiger partial charge in [0.1, 0.15) is 17.5 Å². The minimum absolute atomic E-state index is 0.456. The van der Waals surface area contributed by atoms with Gasteiger partial charge in [-0.2, -0.15) is 0 Å². The van der Waals surface area contributed by atoms with Crippen molar-refractivity contribution in [1.29, 1.82) is 0 Å². The Labute approximate surface area is 110 Å². The normalized spacial score (nSPS) is 10.6. The summed E-state index contributed by atoms with van der Waals surface area (Å²) in [5, 5.41) is 4.29. The zero-order valence-corrected chi connectivity index (χ0v) is 10.5. The van der Waals surface area contributed by atoms with Crippen LogP contribution in [0.2, 0.25) is 0 Å². The van der Waals surface area contributed by atoms with Gasteiger partial charge >= 0.3 is 0 Å². The molecule has 1 aromatic carbocycles. The third kappa shape index (κ3) is 2.44. The predicted molar refractivity (Wildman–Crippen MR) is 76.2 cm³/mol. The zero-order chi connectivity index (χ0) is 13.2. The lowest BCUT2D eigenvalue weighted by Crippen LogP contribution is -2.00. The molecule has 5 nitrogen and oxygen atoms in total. The number of nitrogens with one attached hydrogen (secondary N) is 1. The first-order valence-electron chi connectivity index (χ1n) is 5.94. The van der Waals surface area contributed by atoms with Crippen LogP contribution in [0, 0.1) is 6.92 Å². The number of rotatable bonds is 2. The Morgan fingerprint density at radius 1 is 1.11 bits per heavy atom. The first-order chi connectivity index (χ1) is 9.20. The number of nitrogen functional groups attached to an aromatic ring is 1. The van der Waals surface area contributed by atoms with Gasteiger partial charge < -0.3 is 11.1 Å². The Morgan fingerprint density at radius 3 is 2.84 bits per heavy atom. The van der Waals surface area contributed by atoms with E-state index in [1.807, 2.05) is 37.3 Å². The average molecular weight is 251 g/mol. The summed E-state index contributed by atoms with van der Waals surface area (Å²) < 4.78 is 0. The first kappa shape index (κ1) is 11.4. The number of hydrogen-bond acceptors (Lipinski definition) is 5. The van der Waals surface area contributed by atoms with E-state index in [0.717, 1.165) is 16.6 Å². The maximum absolute atomic E-state index is 5.70. The van der Waals surface area contributed by atoms with Crippen molar-refractivity contribution in [2.45, 2.75) is 6.92 Å². The van der Waals surface area contributed by atoms with Crippen molar-refractivity contribution in [3.05, 3.63) is 48.4 Å². The van der Waals surface area contributed by atoms with Crippen LogP contribution in [-0.2, 0) is 0 Å². The molecule has 0 radical (unpaired) electrons. The second-order valence-corrected chi connectivity index (χ2v) is 4.26. The molecular weight excluding hydrogens is 238 g/mol. The van der Waals surface area contributed by atoms with Crippen LogP contribution in [-0.4, -0.2) is 15.0 Å². The highest BCUT2D eigenvalue weighted by molar-refractivity contribution is 5.83. The number of nitrogens with two attached hydrogens (primary N) is 1. The number of hydrogen-bond donors (Lipinski definition) is 2. The summed E-state index contributed by atoms with van der Waals surface area (Å²) in [7, 11) is 0. The second-order valence-electron chi connectivity index (χ2n) is 4.26. The van der Waals surface area contributed by atoms with Gasteiger partial charge in [0, 0.05) is 23.3 Å². The molecular formula is C14H13N5. The summed E-state index contributed by atoms with van der Waals surface area (Å²) in [5.41, 5.74) is 7.61. The van der Waals surface area contributed by atoms with Crippen LogP contribution in [0.15, 0.2) is 42.6 Å². The minimum atomic E-state index is 0.456. The van der Waals surface area contributed by atoms with Crippen LogP contribution in [0.4, 0.5) is 17.3 Å². The fourth-order valence-electron chi connectivity index (χ4n) is 1.96. The highest BCUT2D eigenvalue weighted by atomic mass is 15.0. The van der Waals surface area contributed by atoms with E-state index in [9.17, 15) is 0 Å². The number of benzene rings is 1. The third-order valence-electron chi connectivity index (χ3n) is 2.73. The summed E-state index contributed by atoms with van der Waals surface area (Å²) in [6, 6.07) is 11.6. The lowest BCUT2D eigenvalue weighted by Gasteiger charge is -2.07. The highest BCUT2D eigenvalue weighted by Gasteiger charge is 2.01. The van der Waals surface area contributed by atoms with Gasteiger partial charge in [-0.3, -0.25) is 4.98 Å². The average Bonchev–Trinajstić information content (AvgIpc) is 2.37. The Kier molecular flexibility index (Phi) is 2.72. The zero-order valence-electron chi connectivity index (χ0n) is 10.5. The van der Waals surface area contributed by atoms with Crippen molar-refractivity contribution in [1.82, 2.24) is 15.0 Å². The van der Waals surface area contributed by atoms with Crippen molar-refractivity contribution < 1.29 is 0 Å². The summed E-state index contributed by atoms with van der Waals surface area (Å²) in [6.07, 6.45) is 1.78. The van der Waals surface area contributed by atoms with Gasteiger partial charge in [-0.05, 0) is 31.2 Å². The summed E-state index contributed by atoms with van der Waals surface area (Å²) >= 11 is 0. The standard InChI is InChI=1S/C14H13N5/c1-9-17-13(15)8-14(18-9)19-11-4-5-12-10(7-11)3-2-6-16-12/h2-8H,1H3,(H3,15,17,18,19). The van der Waals surface area contributed by atoms with Gasteiger partial charge in [0.05, 0.1) is 5.52 Å². The second kappa shape index (κ2) is 4.53. The van der Waals surface area contributed by atoms with E-state index in [1.165, 1.54) is 0 Å². The number of fused-ring (bicyclic) bond motifs is 1. The number of pyridine rings is 1. The summed E-state index contributed by atoms with van der Waals surface area (Å²) in [5.74, 6) is 1.79. The molecule has 3 N–H and O–H groups in total. The van der Waals surface area contributed by atoms with Gasteiger partial charge in [0.25, 0.3) is 0 Å². The lowest BCUT2D eigenvalue weighted by atomic mass is 10.2. The molecule has 0 saturated heterocycles. The fraction of sp³-hybridized carbons (Fsp3) is 0.0714. The number of anilines is 3. The van der Waals surface area contributed by atoms with E-state index >= 15 is 0 Å². The molecule has 0 bridgehead atoms. The van der Waals surface area contributed by atoms with Crippen molar-refractivity contribution in [3.8, 4) is 0 Å². The smallest absolute Gasteiger partial charge is 0.136 e. The maximum Gasteiger partial charge on any atom is 0.136 e. The molecule has 0 atom stereocenters. The van der Waals surface area contributed by atoms with Crippen LogP contribution in [0.3, 0.4) is 0 Å². The molecule has 0 fully saturated rings. The molecule has 0 unspecified atom stereocenters. The molecule has 3 rings (SSSR count). The molecule has 2 heterocycles. The van der Waals surface area contributed by atoms with Crippen LogP contribution >= 0.6 is 0 Å². The topological polar surface area (TPSA) is 76.7 Å². The van der Waals surface area contributed by atoms with E-state index < -0.39 is 0 Å². The SMILES string of the molecule is Cc1nc(N)cc(Nc2ccc3ncccc3c2)n1. The third-order valence-corrected chi connectivity index (χ3v) is 2.73. The van der Waals surface area contributed by atoms with E-state index in [4.69, 9.17) is 5.73 Å². The van der Waals surface area contributed by atoms with Crippen molar-refractivity contribution in [3.63, 3.8) is 0 Å². The molecule has 94 valence electrons. The Bertz CT molecular complexity index is 718. The number of aromatic nitrogens is 3. The first-order valence-corrected chi connectivity index (χ1v) is 5.94. The monoisotopic (exact) mass is 251 g/mol. The lowest BCUT2D eigenvalue weighted by molar-refractivity contribution is 1.06. The molecule has 0 aliphatic heterocycles. The Hall–Kier alpha value is -2.69. The van der Waals surface area contributed by atoms with E-state index in [2.05, 4.69) is 20.3 Å². The molecule has 2 aromatic heterocycles. The number of nitrogens with zero attached hydrogens (tertiary/aromatic N) is 3. The van der Waals surface area contributed by atoms with Gasteiger partial charge in [0.2, 0.25) is 0 Å². The molecule has 0 saturated carbocycles. The molecule has 0 spiro atoms. The number of aryl methyl sites for hydroxylation is 1. The molecule has 5 heteroatoms. The largest absolute Gasteiger partial charge is 0.384 e. The Balaban J connectivity index is 1.96. The van der Waals surface area contributed by atoms with E-state index in [1.54, 1.807) is 12.3 Å². The van der Waals surface area contributed by atoms with Crippen molar-refractivity contribution in [2.24, 2.45) is 0 Å². The van der Waals surface area contributed by atoms with Gasteiger partial charge in [-0.15, -0.1) is 0 Å². The van der Waals surface area contributed by atoms with Crippen LogP contribution in [0.25, 0.3) is 10.9 Å². The molecule has 0 amide bonds. The highest BCUT2D eigenvalue weighted by Crippen LogP contribution is 2.20. The van der Waals surface area contributed by atoms with Gasteiger partial charge in [-0.25, -0.2) is 9.97 Å². The predicted octanol–water partition coefficient (Wildman–Crippen LogP) is 2.66. The molecule has 19 heavy (non-hydrogen) atoms. The summed E-state index contributed by atoms with van der Waals surface area (Å²) in [4.78, 5) is 12.6. The molecule has 0 aliphatic carbocycles. The van der Waals surface area contributed by atoms with E-state index in [0.29, 0.717) is 17.5 Å². The Morgan fingerprint density at radius 2 is 2.00 bits per heavy atom. The molecule has 3 aromatic rings. The fourth-order valence-corrected chi connectivity index (χ4v) is 1.96. The van der Waals surface area contributed by atoms with Gasteiger partial charge in [-0.1, -0.05) is 6.07 Å². The minimum Gasteiger partial charge on any atom is -0.384 e. The van der Waals surface area contributed by atoms with Crippen LogP contribution in [0.1, 0.15) is 5.82 Å². The van der Waals surface area contributed by atoms with Crippen LogP contribution in [0.5, 0.6) is 0 Å². The maximum atomic E-state index is 5.70. The van der Waals surface area contributed by atoms with Crippen molar-refractivity contribution in [2.75, 3.05) is 11.1 Å². The summed E-state index contributed by atoms with van der Waals surface area (Å²) in [6.45, 7) is 1.81. The van der Waals surface area contributed by atoms with Gasteiger partial charge in [0.15, 0.2) is 0 Å². The quantitative estimate of drug-likeness (QED) is 0.732. The van der Waals surface area contributed by atoms with Crippen LogP contribution < -0.4 is 11.1 Å². The molecule has 0 aliphatic rings. The van der Waals surface area contributed by atoms with E-state index in [-0.39, 0.29) is 0 Å². The van der Waals surface area contributed by atoms with Crippen molar-refractivity contribution >= 4 is 28.2 Å².